The molecule has 0 radical (unpaired) electrons. The van der Waals surface area contributed by atoms with E-state index in [0.717, 1.165) is 24.5 Å². The Morgan fingerprint density at radius 1 is 1.17 bits per heavy atom. The van der Waals surface area contributed by atoms with E-state index in [1.807, 2.05) is 32.2 Å². The molecule has 0 unspecified atom stereocenters. The number of hydrogen-bond acceptors (Lipinski definition) is 5. The number of aryl methyl sites for hydroxylation is 1. The fourth-order valence-electron chi connectivity index (χ4n) is 1.55. The fourth-order valence-corrected chi connectivity index (χ4v) is 1.55. The van der Waals surface area contributed by atoms with E-state index in [1.54, 1.807) is 12.4 Å². The summed E-state index contributed by atoms with van der Waals surface area (Å²) in [5.41, 5.74) is 2.21. The van der Waals surface area contributed by atoms with Crippen molar-refractivity contribution in [3.63, 3.8) is 0 Å². The van der Waals surface area contributed by atoms with E-state index in [2.05, 4.69) is 25.6 Å². The molecule has 0 saturated carbocycles. The maximum atomic E-state index is 4.43. The molecule has 0 aliphatic rings. The summed E-state index contributed by atoms with van der Waals surface area (Å²) in [7, 11) is 0. The SMILES string of the molecule is CCNc1ncc(C)c(NCc2ccncc2)n1. The van der Waals surface area contributed by atoms with E-state index in [4.69, 9.17) is 0 Å². The first kappa shape index (κ1) is 12.3. The highest BCUT2D eigenvalue weighted by molar-refractivity contribution is 5.46. The molecular formula is C13H17N5. The number of aromatic nitrogens is 3. The van der Waals surface area contributed by atoms with Crippen LogP contribution in [0.5, 0.6) is 0 Å². The van der Waals surface area contributed by atoms with Crippen LogP contribution < -0.4 is 10.6 Å². The molecule has 0 spiro atoms. The first-order valence-electron chi connectivity index (χ1n) is 6.00. The normalized spacial score (nSPS) is 10.1. The summed E-state index contributed by atoms with van der Waals surface area (Å²) in [6.07, 6.45) is 5.39. The highest BCUT2D eigenvalue weighted by Crippen LogP contribution is 2.13. The first-order chi connectivity index (χ1) is 8.79. The number of nitrogens with one attached hydrogen (secondary N) is 2. The molecule has 0 amide bonds. The molecule has 2 rings (SSSR count). The largest absolute Gasteiger partial charge is 0.366 e. The van der Waals surface area contributed by atoms with Crippen LogP contribution in [0.1, 0.15) is 18.1 Å². The van der Waals surface area contributed by atoms with Gasteiger partial charge in [0.15, 0.2) is 0 Å². The summed E-state index contributed by atoms with van der Waals surface area (Å²) < 4.78 is 0. The average molecular weight is 243 g/mol. The van der Waals surface area contributed by atoms with Crippen molar-refractivity contribution in [2.45, 2.75) is 20.4 Å². The van der Waals surface area contributed by atoms with E-state index < -0.39 is 0 Å². The predicted octanol–water partition coefficient (Wildman–Crippen LogP) is 2.22. The Bertz CT molecular complexity index is 498. The third-order valence-electron chi connectivity index (χ3n) is 2.52. The van der Waals surface area contributed by atoms with E-state index >= 15 is 0 Å². The van der Waals surface area contributed by atoms with Crippen LogP contribution in [0.3, 0.4) is 0 Å². The minimum absolute atomic E-state index is 0.653. The minimum Gasteiger partial charge on any atom is -0.366 e. The Morgan fingerprint density at radius 3 is 2.67 bits per heavy atom. The van der Waals surface area contributed by atoms with Gasteiger partial charge < -0.3 is 10.6 Å². The Kier molecular flexibility index (Phi) is 4.06. The van der Waals surface area contributed by atoms with Crippen LogP contribution in [-0.2, 0) is 6.54 Å². The van der Waals surface area contributed by atoms with Crippen LogP contribution in [0, 0.1) is 6.92 Å². The van der Waals surface area contributed by atoms with Gasteiger partial charge in [0.05, 0.1) is 0 Å². The summed E-state index contributed by atoms with van der Waals surface area (Å²) in [6, 6.07) is 3.96. The van der Waals surface area contributed by atoms with Gasteiger partial charge in [-0.25, -0.2) is 4.98 Å². The van der Waals surface area contributed by atoms with Crippen molar-refractivity contribution in [2.75, 3.05) is 17.2 Å². The first-order valence-corrected chi connectivity index (χ1v) is 6.00. The van der Waals surface area contributed by atoms with Crippen molar-refractivity contribution in [1.82, 2.24) is 15.0 Å². The number of hydrogen-bond donors (Lipinski definition) is 2. The molecule has 0 aliphatic carbocycles. The lowest BCUT2D eigenvalue weighted by molar-refractivity contribution is 1.03. The monoisotopic (exact) mass is 243 g/mol. The molecule has 2 heterocycles. The van der Waals surface area contributed by atoms with Crippen LogP contribution in [0.25, 0.3) is 0 Å². The molecule has 2 N–H and O–H groups in total. The summed E-state index contributed by atoms with van der Waals surface area (Å²) in [6.45, 7) is 5.55. The summed E-state index contributed by atoms with van der Waals surface area (Å²) in [4.78, 5) is 12.6. The topological polar surface area (TPSA) is 62.7 Å². The van der Waals surface area contributed by atoms with Gasteiger partial charge in [0.1, 0.15) is 5.82 Å². The Balaban J connectivity index is 2.06. The average Bonchev–Trinajstić information content (AvgIpc) is 2.41. The molecule has 2 aromatic rings. The van der Waals surface area contributed by atoms with Crippen molar-refractivity contribution in [1.29, 1.82) is 0 Å². The lowest BCUT2D eigenvalue weighted by atomic mass is 10.2. The molecule has 0 atom stereocenters. The Morgan fingerprint density at radius 2 is 1.94 bits per heavy atom. The minimum atomic E-state index is 0.653. The second-order valence-electron chi connectivity index (χ2n) is 3.96. The van der Waals surface area contributed by atoms with Gasteiger partial charge >= 0.3 is 0 Å². The number of nitrogens with zero attached hydrogens (tertiary/aromatic N) is 3. The molecular weight excluding hydrogens is 226 g/mol. The molecule has 18 heavy (non-hydrogen) atoms. The molecule has 0 aromatic carbocycles. The molecule has 2 aromatic heterocycles. The second kappa shape index (κ2) is 5.95. The highest BCUT2D eigenvalue weighted by Gasteiger charge is 2.02. The van der Waals surface area contributed by atoms with Gasteiger partial charge in [0, 0.05) is 37.2 Å². The summed E-state index contributed by atoms with van der Waals surface area (Å²) in [5, 5.41) is 6.41. The van der Waals surface area contributed by atoms with Crippen LogP contribution in [0.15, 0.2) is 30.7 Å². The van der Waals surface area contributed by atoms with Crippen LogP contribution >= 0.6 is 0 Å². The smallest absolute Gasteiger partial charge is 0.224 e. The zero-order valence-electron chi connectivity index (χ0n) is 10.6. The standard InChI is InChI=1S/C13H17N5/c1-3-15-13-17-8-10(2)12(18-13)16-9-11-4-6-14-7-5-11/h4-8H,3,9H2,1-2H3,(H2,15,16,17,18). The van der Waals surface area contributed by atoms with Gasteiger partial charge in [-0.15, -0.1) is 0 Å². The van der Waals surface area contributed by atoms with Gasteiger partial charge in [-0.1, -0.05) is 0 Å². The quantitative estimate of drug-likeness (QED) is 0.843. The third kappa shape index (κ3) is 3.16. The predicted molar refractivity (Wildman–Crippen MR) is 72.5 cm³/mol. The van der Waals surface area contributed by atoms with Crippen molar-refractivity contribution in [3.8, 4) is 0 Å². The van der Waals surface area contributed by atoms with E-state index in [1.165, 1.54) is 5.56 Å². The Hall–Kier alpha value is -2.17. The second-order valence-corrected chi connectivity index (χ2v) is 3.96. The van der Waals surface area contributed by atoms with Gasteiger partial charge in [0.25, 0.3) is 0 Å². The molecule has 0 fully saturated rings. The molecule has 0 saturated heterocycles. The molecule has 5 nitrogen and oxygen atoms in total. The van der Waals surface area contributed by atoms with Crippen LogP contribution in [-0.4, -0.2) is 21.5 Å². The van der Waals surface area contributed by atoms with Gasteiger partial charge in [0.2, 0.25) is 5.95 Å². The number of anilines is 2. The molecule has 0 bridgehead atoms. The van der Waals surface area contributed by atoms with Gasteiger partial charge in [-0.05, 0) is 31.5 Å². The van der Waals surface area contributed by atoms with E-state index in [9.17, 15) is 0 Å². The third-order valence-corrected chi connectivity index (χ3v) is 2.52. The van der Waals surface area contributed by atoms with E-state index in [0.29, 0.717) is 5.95 Å². The van der Waals surface area contributed by atoms with Crippen molar-refractivity contribution in [2.24, 2.45) is 0 Å². The van der Waals surface area contributed by atoms with Crippen LogP contribution in [0.2, 0.25) is 0 Å². The van der Waals surface area contributed by atoms with Gasteiger partial charge in [-0.3, -0.25) is 4.98 Å². The lowest BCUT2D eigenvalue weighted by Crippen LogP contribution is -2.08. The highest BCUT2D eigenvalue weighted by atomic mass is 15.1. The number of rotatable bonds is 5. The van der Waals surface area contributed by atoms with Crippen LogP contribution in [0.4, 0.5) is 11.8 Å². The molecule has 5 heteroatoms. The maximum Gasteiger partial charge on any atom is 0.224 e. The van der Waals surface area contributed by atoms with Crippen molar-refractivity contribution < 1.29 is 0 Å². The molecule has 94 valence electrons. The number of pyridine rings is 1. The zero-order valence-corrected chi connectivity index (χ0v) is 10.6. The summed E-state index contributed by atoms with van der Waals surface area (Å²) in [5.74, 6) is 1.51. The van der Waals surface area contributed by atoms with E-state index in [-0.39, 0.29) is 0 Å². The maximum absolute atomic E-state index is 4.43. The lowest BCUT2D eigenvalue weighted by Gasteiger charge is -2.10. The molecule has 0 aliphatic heterocycles. The Labute approximate surface area is 107 Å². The van der Waals surface area contributed by atoms with Crippen molar-refractivity contribution in [3.05, 3.63) is 41.9 Å². The van der Waals surface area contributed by atoms with Gasteiger partial charge in [-0.2, -0.15) is 4.98 Å². The summed E-state index contributed by atoms with van der Waals surface area (Å²) >= 11 is 0. The zero-order chi connectivity index (χ0) is 12.8. The van der Waals surface area contributed by atoms with Crippen molar-refractivity contribution >= 4 is 11.8 Å². The fraction of sp³-hybridized carbons (Fsp3) is 0.308.